The Morgan fingerprint density at radius 3 is 2.56 bits per heavy atom. The third kappa shape index (κ3) is 3.60. The number of nitrogens with zero attached hydrogens (tertiary/aromatic N) is 2. The van der Waals surface area contributed by atoms with Crippen LogP contribution in [-0.2, 0) is 10.9 Å². The van der Waals surface area contributed by atoms with Crippen LogP contribution in [0.4, 0.5) is 18.3 Å². The average Bonchev–Trinajstić information content (AvgIpc) is 2.65. The minimum atomic E-state index is -4.43. The molecule has 0 bridgehead atoms. The Balaban J connectivity index is 2.64. The van der Waals surface area contributed by atoms with Crippen LogP contribution < -0.4 is 5.32 Å². The van der Waals surface area contributed by atoms with Crippen molar-refractivity contribution in [2.24, 2.45) is 0 Å². The molecular formula is C8H12F3N3OS. The molecule has 1 aromatic heterocycles. The lowest BCUT2D eigenvalue weighted by Gasteiger charge is -2.13. The van der Waals surface area contributed by atoms with Crippen LogP contribution >= 0.6 is 11.3 Å². The molecule has 0 saturated heterocycles. The molecule has 0 radical (unpaired) electrons. The first-order valence-electron chi connectivity index (χ1n) is 4.63. The first-order valence-corrected chi connectivity index (χ1v) is 5.45. The summed E-state index contributed by atoms with van der Waals surface area (Å²) in [6, 6.07) is -0.0565. The summed E-state index contributed by atoms with van der Waals surface area (Å²) >= 11 is 0.495. The van der Waals surface area contributed by atoms with Crippen molar-refractivity contribution < 1.29 is 17.9 Å². The van der Waals surface area contributed by atoms with E-state index < -0.39 is 11.2 Å². The lowest BCUT2D eigenvalue weighted by Crippen LogP contribution is -2.23. The van der Waals surface area contributed by atoms with Crippen LogP contribution in [0, 0.1) is 0 Å². The minimum absolute atomic E-state index is 0.0565. The number of hydrogen-bond donors (Lipinski definition) is 1. The van der Waals surface area contributed by atoms with Gasteiger partial charge in [0, 0.05) is 7.11 Å². The Hall–Kier alpha value is -0.890. The minimum Gasteiger partial charge on any atom is -0.383 e. The van der Waals surface area contributed by atoms with Crippen LogP contribution in [0.3, 0.4) is 0 Å². The molecule has 16 heavy (non-hydrogen) atoms. The van der Waals surface area contributed by atoms with Gasteiger partial charge in [-0.15, -0.1) is 10.2 Å². The summed E-state index contributed by atoms with van der Waals surface area (Å²) in [7, 11) is 1.53. The van der Waals surface area contributed by atoms with Gasteiger partial charge in [-0.25, -0.2) is 0 Å². The van der Waals surface area contributed by atoms with Gasteiger partial charge in [0.25, 0.3) is 0 Å². The fraction of sp³-hybridized carbons (Fsp3) is 0.750. The highest BCUT2D eigenvalue weighted by molar-refractivity contribution is 7.15. The summed E-state index contributed by atoms with van der Waals surface area (Å²) in [5, 5.41) is 8.57. The van der Waals surface area contributed by atoms with E-state index in [-0.39, 0.29) is 11.2 Å². The van der Waals surface area contributed by atoms with E-state index in [1.807, 2.05) is 6.92 Å². The molecule has 0 aliphatic carbocycles. The molecule has 92 valence electrons. The SMILES string of the molecule is CCC(COC)Nc1nnc(C(F)(F)F)s1. The molecule has 1 atom stereocenters. The second kappa shape index (κ2) is 5.44. The van der Waals surface area contributed by atoms with Gasteiger partial charge >= 0.3 is 6.18 Å². The third-order valence-electron chi connectivity index (χ3n) is 1.86. The average molecular weight is 255 g/mol. The van der Waals surface area contributed by atoms with Crippen molar-refractivity contribution in [3.05, 3.63) is 5.01 Å². The van der Waals surface area contributed by atoms with E-state index in [1.54, 1.807) is 0 Å². The van der Waals surface area contributed by atoms with Gasteiger partial charge in [-0.1, -0.05) is 18.3 Å². The molecule has 0 aromatic carbocycles. The van der Waals surface area contributed by atoms with Crippen LogP contribution in [-0.4, -0.2) is 30.0 Å². The first kappa shape index (κ1) is 13.2. The van der Waals surface area contributed by atoms with E-state index in [0.717, 1.165) is 6.42 Å². The number of rotatable bonds is 5. The molecule has 0 fully saturated rings. The van der Waals surface area contributed by atoms with Gasteiger partial charge in [-0.2, -0.15) is 13.2 Å². The Labute approximate surface area is 94.8 Å². The second-order valence-electron chi connectivity index (χ2n) is 3.11. The quantitative estimate of drug-likeness (QED) is 0.877. The van der Waals surface area contributed by atoms with E-state index in [2.05, 4.69) is 15.5 Å². The Morgan fingerprint density at radius 2 is 2.12 bits per heavy atom. The third-order valence-corrected chi connectivity index (χ3v) is 2.76. The van der Waals surface area contributed by atoms with Gasteiger partial charge in [0.15, 0.2) is 0 Å². The van der Waals surface area contributed by atoms with Gasteiger partial charge < -0.3 is 10.1 Å². The lowest BCUT2D eigenvalue weighted by atomic mass is 10.2. The van der Waals surface area contributed by atoms with Gasteiger partial charge in [0.1, 0.15) is 0 Å². The summed E-state index contributed by atoms with van der Waals surface area (Å²) in [6.07, 6.45) is -3.70. The molecule has 0 spiro atoms. The zero-order valence-electron chi connectivity index (χ0n) is 8.84. The molecule has 8 heteroatoms. The Bertz CT molecular complexity index is 329. The molecule has 0 aliphatic rings. The van der Waals surface area contributed by atoms with Crippen molar-refractivity contribution in [3.8, 4) is 0 Å². The molecule has 4 nitrogen and oxygen atoms in total. The number of hydrogen-bond acceptors (Lipinski definition) is 5. The number of halogens is 3. The fourth-order valence-electron chi connectivity index (χ4n) is 1.03. The van der Waals surface area contributed by atoms with Gasteiger partial charge in [0.2, 0.25) is 10.1 Å². The number of anilines is 1. The van der Waals surface area contributed by atoms with Crippen LogP contribution in [0.25, 0.3) is 0 Å². The van der Waals surface area contributed by atoms with Crippen molar-refractivity contribution in [3.63, 3.8) is 0 Å². The molecule has 1 heterocycles. The van der Waals surface area contributed by atoms with Crippen molar-refractivity contribution in [2.75, 3.05) is 19.0 Å². The van der Waals surface area contributed by atoms with E-state index in [1.165, 1.54) is 7.11 Å². The Kier molecular flexibility index (Phi) is 4.48. The smallest absolute Gasteiger partial charge is 0.383 e. The molecule has 1 rings (SSSR count). The summed E-state index contributed by atoms with van der Waals surface area (Å²) < 4.78 is 41.6. The van der Waals surface area contributed by atoms with E-state index >= 15 is 0 Å². The zero-order chi connectivity index (χ0) is 12.2. The molecule has 1 N–H and O–H groups in total. The van der Waals surface area contributed by atoms with Crippen molar-refractivity contribution >= 4 is 16.5 Å². The van der Waals surface area contributed by atoms with Crippen LogP contribution in [0.5, 0.6) is 0 Å². The van der Waals surface area contributed by atoms with Gasteiger partial charge in [0.05, 0.1) is 12.6 Å². The van der Waals surface area contributed by atoms with Crippen LogP contribution in [0.1, 0.15) is 18.4 Å². The standard InChI is InChI=1S/C8H12F3N3OS/c1-3-5(4-15-2)12-7-14-13-6(16-7)8(9,10)11/h5H,3-4H2,1-2H3,(H,12,14). The molecule has 0 saturated carbocycles. The largest absolute Gasteiger partial charge is 0.445 e. The number of methoxy groups -OCH3 is 1. The van der Waals surface area contributed by atoms with E-state index in [4.69, 9.17) is 4.74 Å². The molecule has 1 unspecified atom stereocenters. The second-order valence-corrected chi connectivity index (χ2v) is 4.09. The van der Waals surface area contributed by atoms with Crippen molar-refractivity contribution in [1.82, 2.24) is 10.2 Å². The first-order chi connectivity index (χ1) is 7.47. The van der Waals surface area contributed by atoms with Crippen molar-refractivity contribution in [2.45, 2.75) is 25.6 Å². The summed E-state index contributed by atoms with van der Waals surface area (Å²) in [5.74, 6) is 0. The maximum atomic E-state index is 12.2. The van der Waals surface area contributed by atoms with Gasteiger partial charge in [-0.3, -0.25) is 0 Å². The fourth-order valence-corrected chi connectivity index (χ4v) is 1.72. The lowest BCUT2D eigenvalue weighted by molar-refractivity contribution is -0.138. The maximum absolute atomic E-state index is 12.2. The number of alkyl halides is 3. The van der Waals surface area contributed by atoms with E-state index in [9.17, 15) is 13.2 Å². The monoisotopic (exact) mass is 255 g/mol. The molecule has 0 aliphatic heterocycles. The van der Waals surface area contributed by atoms with Crippen LogP contribution in [0.2, 0.25) is 0 Å². The molecule has 1 aromatic rings. The predicted molar refractivity (Wildman–Crippen MR) is 54.5 cm³/mol. The predicted octanol–water partition coefficient (Wildman–Crippen LogP) is 2.39. The normalized spacial score (nSPS) is 13.8. The maximum Gasteiger partial charge on any atom is 0.445 e. The number of nitrogens with one attached hydrogen (secondary N) is 1. The highest BCUT2D eigenvalue weighted by Crippen LogP contribution is 2.33. The Morgan fingerprint density at radius 1 is 1.44 bits per heavy atom. The number of ether oxygens (including phenoxy) is 1. The van der Waals surface area contributed by atoms with Crippen molar-refractivity contribution in [1.29, 1.82) is 0 Å². The summed E-state index contributed by atoms with van der Waals surface area (Å²) in [4.78, 5) is 0. The zero-order valence-corrected chi connectivity index (χ0v) is 9.65. The molecular weight excluding hydrogens is 243 g/mol. The van der Waals surface area contributed by atoms with Gasteiger partial charge in [-0.05, 0) is 6.42 Å². The summed E-state index contributed by atoms with van der Waals surface area (Å²) in [6.45, 7) is 2.32. The topological polar surface area (TPSA) is 47.0 Å². The van der Waals surface area contributed by atoms with Crippen LogP contribution in [0.15, 0.2) is 0 Å². The van der Waals surface area contributed by atoms with E-state index in [0.29, 0.717) is 17.9 Å². The number of aromatic nitrogens is 2. The molecule has 0 amide bonds. The highest BCUT2D eigenvalue weighted by Gasteiger charge is 2.35. The summed E-state index contributed by atoms with van der Waals surface area (Å²) in [5.41, 5.74) is 0. The highest BCUT2D eigenvalue weighted by atomic mass is 32.1.